The molecule has 1 unspecified atom stereocenters. The van der Waals surface area contributed by atoms with Crippen LogP contribution in [-0.4, -0.2) is 17.5 Å². The molecule has 1 atom stereocenters. The summed E-state index contributed by atoms with van der Waals surface area (Å²) in [7, 11) is 0.768. The Morgan fingerprint density at radius 3 is 2.69 bits per heavy atom. The Morgan fingerprint density at radius 1 is 1.50 bits per heavy atom. The molecule has 1 aliphatic rings. The molecule has 1 aliphatic heterocycles. The zero-order valence-corrected chi connectivity index (χ0v) is 12.5. The second-order valence-corrected chi connectivity index (χ2v) is 4.84. The SMILES string of the molecule is C=C/C=C1\C(=C/C)CCN1SNPC.CC. The van der Waals surface area contributed by atoms with Gasteiger partial charge >= 0.3 is 0 Å². The average Bonchev–Trinajstić information content (AvgIpc) is 2.72. The molecular weight excluding hydrogens is 235 g/mol. The molecule has 0 spiro atoms. The van der Waals surface area contributed by atoms with Crippen molar-refractivity contribution in [3.05, 3.63) is 36.1 Å². The number of rotatable bonds is 4. The first-order chi connectivity index (χ1) is 7.83. The summed E-state index contributed by atoms with van der Waals surface area (Å²) in [6, 6.07) is 0. The van der Waals surface area contributed by atoms with Gasteiger partial charge in [0, 0.05) is 18.7 Å². The van der Waals surface area contributed by atoms with E-state index in [4.69, 9.17) is 0 Å². The molecule has 0 aliphatic carbocycles. The largest absolute Gasteiger partial charge is 0.303 e. The summed E-state index contributed by atoms with van der Waals surface area (Å²) in [6.07, 6.45) is 7.25. The molecule has 2 nitrogen and oxygen atoms in total. The highest BCUT2D eigenvalue weighted by Crippen LogP contribution is 2.32. The van der Waals surface area contributed by atoms with Crippen molar-refractivity contribution < 1.29 is 0 Å². The van der Waals surface area contributed by atoms with E-state index in [1.165, 1.54) is 11.3 Å². The van der Waals surface area contributed by atoms with Gasteiger partial charge in [0.05, 0.1) is 5.70 Å². The van der Waals surface area contributed by atoms with Crippen molar-refractivity contribution in [2.24, 2.45) is 0 Å². The molecule has 0 amide bonds. The molecule has 1 fully saturated rings. The summed E-state index contributed by atoms with van der Waals surface area (Å²) in [5.41, 5.74) is 2.71. The van der Waals surface area contributed by atoms with Crippen LogP contribution in [-0.2, 0) is 0 Å². The molecule has 92 valence electrons. The van der Waals surface area contributed by atoms with Crippen LogP contribution in [0.5, 0.6) is 0 Å². The van der Waals surface area contributed by atoms with Crippen LogP contribution in [0.3, 0.4) is 0 Å². The minimum atomic E-state index is 0.768. The molecule has 1 N–H and O–H groups in total. The second kappa shape index (κ2) is 9.95. The van der Waals surface area contributed by atoms with Gasteiger partial charge in [-0.25, -0.2) is 4.49 Å². The van der Waals surface area contributed by atoms with Crippen LogP contribution in [0.4, 0.5) is 0 Å². The van der Waals surface area contributed by atoms with Crippen molar-refractivity contribution in [2.45, 2.75) is 27.2 Å². The summed E-state index contributed by atoms with van der Waals surface area (Å²) < 4.78 is 5.58. The maximum Gasteiger partial charge on any atom is 0.0511 e. The molecule has 0 aromatic heterocycles. The molecule has 1 heterocycles. The van der Waals surface area contributed by atoms with Crippen LogP contribution in [0.1, 0.15) is 27.2 Å². The quantitative estimate of drug-likeness (QED) is 0.603. The number of nitrogens with zero attached hydrogens (tertiary/aromatic N) is 1. The van der Waals surface area contributed by atoms with Gasteiger partial charge in [-0.15, -0.1) is 0 Å². The van der Waals surface area contributed by atoms with Gasteiger partial charge < -0.3 is 4.31 Å². The molecule has 0 aromatic rings. The van der Waals surface area contributed by atoms with Crippen molar-refractivity contribution in [2.75, 3.05) is 13.2 Å². The van der Waals surface area contributed by atoms with Crippen molar-refractivity contribution in [3.8, 4) is 0 Å². The Balaban J connectivity index is 0.00000106. The molecule has 0 radical (unpaired) electrons. The summed E-state index contributed by atoms with van der Waals surface area (Å²) in [6.45, 7) is 13.1. The highest BCUT2D eigenvalue weighted by molar-refractivity contribution is 7.98. The number of allylic oxidation sites excluding steroid dienone is 4. The predicted molar refractivity (Wildman–Crippen MR) is 79.7 cm³/mol. The average molecular weight is 258 g/mol. The van der Waals surface area contributed by atoms with E-state index in [0.29, 0.717) is 0 Å². The van der Waals surface area contributed by atoms with E-state index in [1.807, 2.05) is 19.9 Å². The lowest BCUT2D eigenvalue weighted by Gasteiger charge is -2.17. The van der Waals surface area contributed by atoms with Gasteiger partial charge in [0.25, 0.3) is 0 Å². The minimum Gasteiger partial charge on any atom is -0.303 e. The fourth-order valence-electron chi connectivity index (χ4n) is 1.42. The topological polar surface area (TPSA) is 15.3 Å². The molecule has 4 heteroatoms. The maximum atomic E-state index is 3.75. The van der Waals surface area contributed by atoms with Crippen LogP contribution < -0.4 is 4.49 Å². The minimum absolute atomic E-state index is 0.768. The second-order valence-electron chi connectivity index (χ2n) is 2.90. The lowest BCUT2D eigenvalue weighted by atomic mass is 10.2. The van der Waals surface area contributed by atoms with E-state index in [9.17, 15) is 0 Å². The molecular formula is C12H23N2PS. The first-order valence-electron chi connectivity index (χ1n) is 5.68. The fourth-order valence-corrected chi connectivity index (χ4v) is 2.69. The Morgan fingerprint density at radius 2 is 2.19 bits per heavy atom. The Hall–Kier alpha value is -0.240. The molecule has 1 rings (SSSR count). The molecule has 0 aromatic carbocycles. The zero-order chi connectivity index (χ0) is 12.4. The number of hydrogen-bond acceptors (Lipinski definition) is 3. The normalized spacial score (nSPS) is 20.6. The molecule has 16 heavy (non-hydrogen) atoms. The Labute approximate surface area is 106 Å². The van der Waals surface area contributed by atoms with E-state index >= 15 is 0 Å². The Bertz CT molecular complexity index is 262. The van der Waals surface area contributed by atoms with Gasteiger partial charge in [-0.1, -0.05) is 32.6 Å². The van der Waals surface area contributed by atoms with Crippen molar-refractivity contribution in [1.82, 2.24) is 8.80 Å². The van der Waals surface area contributed by atoms with Crippen LogP contribution >= 0.6 is 20.9 Å². The third kappa shape index (κ3) is 4.73. The van der Waals surface area contributed by atoms with E-state index in [2.05, 4.69) is 41.1 Å². The summed E-state index contributed by atoms with van der Waals surface area (Å²) in [5.74, 6) is 0. The van der Waals surface area contributed by atoms with Crippen LogP contribution in [0, 0.1) is 0 Å². The van der Waals surface area contributed by atoms with Crippen molar-refractivity contribution >= 4 is 20.9 Å². The third-order valence-corrected chi connectivity index (χ3v) is 3.85. The van der Waals surface area contributed by atoms with Gasteiger partial charge in [-0.2, -0.15) is 0 Å². The van der Waals surface area contributed by atoms with E-state index in [-0.39, 0.29) is 0 Å². The highest BCUT2D eigenvalue weighted by Gasteiger charge is 2.21. The number of hydrogen-bond donors (Lipinski definition) is 1. The van der Waals surface area contributed by atoms with Gasteiger partial charge in [-0.3, -0.25) is 0 Å². The zero-order valence-electron chi connectivity index (χ0n) is 10.7. The Kier molecular flexibility index (Phi) is 9.80. The van der Waals surface area contributed by atoms with Crippen molar-refractivity contribution in [3.63, 3.8) is 0 Å². The lowest BCUT2D eigenvalue weighted by Crippen LogP contribution is -2.11. The van der Waals surface area contributed by atoms with Gasteiger partial charge in [-0.05, 0) is 40.4 Å². The van der Waals surface area contributed by atoms with Crippen LogP contribution in [0.15, 0.2) is 36.1 Å². The van der Waals surface area contributed by atoms with Crippen LogP contribution in [0.2, 0.25) is 0 Å². The van der Waals surface area contributed by atoms with Gasteiger partial charge in [0.1, 0.15) is 0 Å². The molecule has 0 bridgehead atoms. The molecule has 0 saturated carbocycles. The summed E-state index contributed by atoms with van der Waals surface area (Å²) in [4.78, 5) is 0. The van der Waals surface area contributed by atoms with Crippen LogP contribution in [0.25, 0.3) is 0 Å². The monoisotopic (exact) mass is 258 g/mol. The summed E-state index contributed by atoms with van der Waals surface area (Å²) >= 11 is 1.69. The van der Waals surface area contributed by atoms with E-state index < -0.39 is 0 Å². The van der Waals surface area contributed by atoms with E-state index in [1.54, 1.807) is 12.1 Å². The van der Waals surface area contributed by atoms with Gasteiger partial charge in [0.15, 0.2) is 0 Å². The lowest BCUT2D eigenvalue weighted by molar-refractivity contribution is 0.658. The van der Waals surface area contributed by atoms with Crippen molar-refractivity contribution in [1.29, 1.82) is 0 Å². The smallest absolute Gasteiger partial charge is 0.0511 e. The van der Waals surface area contributed by atoms with Gasteiger partial charge in [0.2, 0.25) is 0 Å². The fraction of sp³-hybridized carbons (Fsp3) is 0.500. The third-order valence-electron chi connectivity index (χ3n) is 2.06. The van der Waals surface area contributed by atoms with E-state index in [0.717, 1.165) is 21.7 Å². The number of nitrogens with one attached hydrogen (secondary N) is 1. The standard InChI is InChI=1S/C10H17N2PS.C2H6/c1-4-6-10-9(5-2)7-8-12(10)14-11-13-3;1-2/h4-6,11,13H,1,7-8H2,2-3H3;1-2H3/b9-5-,10-6+;. The highest BCUT2D eigenvalue weighted by atomic mass is 32.2. The maximum absolute atomic E-state index is 3.75. The first kappa shape index (κ1) is 15.8. The predicted octanol–water partition coefficient (Wildman–Crippen LogP) is 4.11. The molecule has 1 saturated heterocycles. The summed E-state index contributed by atoms with van der Waals surface area (Å²) in [5, 5.41) is 0. The first-order valence-corrected chi connectivity index (χ1v) is 7.95.